The zero-order chi connectivity index (χ0) is 22.5. The lowest BCUT2D eigenvalue weighted by Crippen LogP contribution is -2.14. The molecule has 3 aromatic carbocycles. The number of ether oxygens (including phenoxy) is 1. The molecule has 0 spiro atoms. The van der Waals surface area contributed by atoms with Crippen molar-refractivity contribution in [2.75, 3.05) is 13.7 Å². The predicted octanol–water partition coefficient (Wildman–Crippen LogP) is 8.26. The van der Waals surface area contributed by atoms with E-state index < -0.39 is 5.82 Å². The molecule has 0 radical (unpaired) electrons. The van der Waals surface area contributed by atoms with Gasteiger partial charge in [0.05, 0.1) is 5.02 Å². The number of rotatable bonds is 8. The Bertz CT molecular complexity index is 1060. The third-order valence-electron chi connectivity index (χ3n) is 7.00. The van der Waals surface area contributed by atoms with E-state index in [1.165, 1.54) is 43.7 Å². The summed E-state index contributed by atoms with van der Waals surface area (Å²) < 4.78 is 34.0. The maximum Gasteiger partial charge on any atom is 0.142 e. The minimum absolute atomic E-state index is 0.112. The summed E-state index contributed by atoms with van der Waals surface area (Å²) in [6, 6.07) is 14.9. The Hall–Kier alpha value is -1.97. The van der Waals surface area contributed by atoms with Gasteiger partial charge in [-0.25, -0.2) is 8.78 Å². The summed E-state index contributed by atoms with van der Waals surface area (Å²) in [7, 11) is 1.77. The zero-order valence-electron chi connectivity index (χ0n) is 18.7. The van der Waals surface area contributed by atoms with Crippen molar-refractivity contribution >= 4 is 22.4 Å². The Morgan fingerprint density at radius 3 is 2.50 bits per heavy atom. The Morgan fingerprint density at radius 1 is 0.938 bits per heavy atom. The smallest absolute Gasteiger partial charge is 0.142 e. The molecule has 4 heteroatoms. The molecule has 1 nitrogen and oxygen atoms in total. The van der Waals surface area contributed by atoms with Crippen LogP contribution < -0.4 is 0 Å². The van der Waals surface area contributed by atoms with E-state index in [0.29, 0.717) is 29.7 Å². The van der Waals surface area contributed by atoms with Gasteiger partial charge in [0.2, 0.25) is 0 Å². The SMILES string of the molecule is COCCCC1CCC(c2ccc3c(F)c(CCc4ccc(Cl)c(F)c4)ccc3c2)CC1. The van der Waals surface area contributed by atoms with E-state index in [9.17, 15) is 4.39 Å². The van der Waals surface area contributed by atoms with Gasteiger partial charge in [-0.2, -0.15) is 0 Å². The summed E-state index contributed by atoms with van der Waals surface area (Å²) in [5.41, 5.74) is 2.81. The monoisotopic (exact) mass is 456 g/mol. The van der Waals surface area contributed by atoms with Crippen LogP contribution in [0.25, 0.3) is 10.8 Å². The highest BCUT2D eigenvalue weighted by molar-refractivity contribution is 6.30. The van der Waals surface area contributed by atoms with Gasteiger partial charge in [-0.3, -0.25) is 0 Å². The number of aryl methyl sites for hydroxylation is 2. The minimum atomic E-state index is -0.431. The molecular formula is C28H31ClF2O. The third kappa shape index (κ3) is 5.50. The molecule has 0 saturated heterocycles. The fraction of sp³-hybridized carbons (Fsp3) is 0.429. The summed E-state index contributed by atoms with van der Waals surface area (Å²) in [5, 5.41) is 1.74. The molecule has 0 atom stereocenters. The molecule has 0 bridgehead atoms. The first-order valence-corrected chi connectivity index (χ1v) is 12.1. The number of methoxy groups -OCH3 is 1. The van der Waals surface area contributed by atoms with Crippen molar-refractivity contribution in [3.8, 4) is 0 Å². The summed E-state index contributed by atoms with van der Waals surface area (Å²) in [6.45, 7) is 0.856. The second-order valence-corrected chi connectivity index (χ2v) is 9.53. The van der Waals surface area contributed by atoms with E-state index in [1.807, 2.05) is 18.2 Å². The van der Waals surface area contributed by atoms with E-state index in [4.69, 9.17) is 16.3 Å². The van der Waals surface area contributed by atoms with E-state index >= 15 is 4.39 Å². The molecule has 170 valence electrons. The van der Waals surface area contributed by atoms with Crippen molar-refractivity contribution in [2.45, 2.75) is 57.3 Å². The summed E-state index contributed by atoms with van der Waals surface area (Å²) >= 11 is 5.75. The Morgan fingerprint density at radius 2 is 1.75 bits per heavy atom. The second kappa shape index (κ2) is 10.8. The van der Waals surface area contributed by atoms with Crippen molar-refractivity contribution in [2.24, 2.45) is 5.92 Å². The lowest BCUT2D eigenvalue weighted by molar-refractivity contribution is 0.180. The Balaban J connectivity index is 1.41. The van der Waals surface area contributed by atoms with E-state index in [-0.39, 0.29) is 10.8 Å². The van der Waals surface area contributed by atoms with Gasteiger partial charge in [0.15, 0.2) is 0 Å². The molecule has 0 unspecified atom stereocenters. The highest BCUT2D eigenvalue weighted by atomic mass is 35.5. The summed E-state index contributed by atoms with van der Waals surface area (Å²) in [4.78, 5) is 0. The largest absolute Gasteiger partial charge is 0.385 e. The highest BCUT2D eigenvalue weighted by Gasteiger charge is 2.22. The van der Waals surface area contributed by atoms with E-state index in [0.717, 1.165) is 29.9 Å². The van der Waals surface area contributed by atoms with Gasteiger partial charge in [-0.1, -0.05) is 48.0 Å². The van der Waals surface area contributed by atoms with Crippen molar-refractivity contribution in [3.05, 3.63) is 81.9 Å². The molecule has 1 saturated carbocycles. The van der Waals surface area contributed by atoms with Crippen LogP contribution in [-0.2, 0) is 17.6 Å². The van der Waals surface area contributed by atoms with Crippen LogP contribution in [0.4, 0.5) is 8.78 Å². The zero-order valence-corrected chi connectivity index (χ0v) is 19.4. The lowest BCUT2D eigenvalue weighted by Gasteiger charge is -2.29. The quantitative estimate of drug-likeness (QED) is 0.310. The van der Waals surface area contributed by atoms with Gasteiger partial charge in [0.1, 0.15) is 11.6 Å². The highest BCUT2D eigenvalue weighted by Crippen LogP contribution is 2.38. The van der Waals surface area contributed by atoms with Crippen LogP contribution in [0.1, 0.15) is 61.1 Å². The second-order valence-electron chi connectivity index (χ2n) is 9.12. The van der Waals surface area contributed by atoms with Gasteiger partial charge in [-0.15, -0.1) is 0 Å². The maximum absolute atomic E-state index is 15.2. The molecule has 0 N–H and O–H groups in total. The lowest BCUT2D eigenvalue weighted by atomic mass is 9.77. The first-order valence-electron chi connectivity index (χ1n) is 11.7. The van der Waals surface area contributed by atoms with Crippen molar-refractivity contribution in [3.63, 3.8) is 0 Å². The molecule has 1 aliphatic rings. The van der Waals surface area contributed by atoms with Crippen LogP contribution >= 0.6 is 11.6 Å². The molecule has 0 aliphatic heterocycles. The fourth-order valence-corrected chi connectivity index (χ4v) is 5.20. The van der Waals surface area contributed by atoms with Gasteiger partial charge < -0.3 is 4.74 Å². The molecule has 0 amide bonds. The molecule has 0 aromatic heterocycles. The molecule has 1 fully saturated rings. The van der Waals surface area contributed by atoms with E-state index in [1.54, 1.807) is 19.2 Å². The molecule has 3 aromatic rings. The third-order valence-corrected chi connectivity index (χ3v) is 7.31. The van der Waals surface area contributed by atoms with Crippen molar-refractivity contribution < 1.29 is 13.5 Å². The summed E-state index contributed by atoms with van der Waals surface area (Å²) in [5.74, 6) is 0.793. The number of fused-ring (bicyclic) bond motifs is 1. The Kier molecular flexibility index (Phi) is 7.80. The fourth-order valence-electron chi connectivity index (χ4n) is 5.08. The number of halogens is 3. The number of hydrogen-bond donors (Lipinski definition) is 0. The molecular weight excluding hydrogens is 426 g/mol. The predicted molar refractivity (Wildman–Crippen MR) is 129 cm³/mol. The van der Waals surface area contributed by atoms with Crippen molar-refractivity contribution in [1.29, 1.82) is 0 Å². The molecule has 32 heavy (non-hydrogen) atoms. The molecule has 4 rings (SSSR count). The standard InChI is InChI=1S/C28H31ClF2O/c1-32-16-2-3-19-4-8-21(9-5-19)23-13-14-25-24(18-23)12-11-22(28(25)31)10-6-20-7-15-26(29)27(30)17-20/h7,11-15,17-19,21H,2-6,8-10,16H2,1H3. The van der Waals surface area contributed by atoms with Crippen LogP contribution in [-0.4, -0.2) is 13.7 Å². The first kappa shape index (κ1) is 23.2. The van der Waals surface area contributed by atoms with Gasteiger partial charge in [0.25, 0.3) is 0 Å². The number of benzene rings is 3. The van der Waals surface area contributed by atoms with Crippen LogP contribution in [0.5, 0.6) is 0 Å². The maximum atomic E-state index is 15.2. The van der Waals surface area contributed by atoms with Gasteiger partial charge in [-0.05, 0) is 97.4 Å². The molecule has 0 heterocycles. The normalized spacial score (nSPS) is 18.9. The van der Waals surface area contributed by atoms with Crippen molar-refractivity contribution in [1.82, 2.24) is 0 Å². The summed E-state index contributed by atoms with van der Waals surface area (Å²) in [6.07, 6.45) is 8.46. The first-order chi connectivity index (χ1) is 15.5. The van der Waals surface area contributed by atoms with Crippen LogP contribution in [0.3, 0.4) is 0 Å². The van der Waals surface area contributed by atoms with Crippen LogP contribution in [0, 0.1) is 17.6 Å². The van der Waals surface area contributed by atoms with Crippen LogP contribution in [0.2, 0.25) is 5.02 Å². The van der Waals surface area contributed by atoms with Gasteiger partial charge in [0, 0.05) is 19.1 Å². The van der Waals surface area contributed by atoms with E-state index in [2.05, 4.69) is 12.1 Å². The Labute approximate surface area is 194 Å². The molecule has 1 aliphatic carbocycles. The topological polar surface area (TPSA) is 9.23 Å². The van der Waals surface area contributed by atoms with Crippen LogP contribution in [0.15, 0.2) is 48.5 Å². The average molecular weight is 457 g/mol. The average Bonchev–Trinajstić information content (AvgIpc) is 2.81. The number of hydrogen-bond acceptors (Lipinski definition) is 1. The van der Waals surface area contributed by atoms with Gasteiger partial charge >= 0.3 is 0 Å². The minimum Gasteiger partial charge on any atom is -0.385 e.